The summed E-state index contributed by atoms with van der Waals surface area (Å²) in [7, 11) is -12.9. The highest BCUT2D eigenvalue weighted by molar-refractivity contribution is 7.95. The zero-order valence-corrected chi connectivity index (χ0v) is 23.3. The average Bonchev–Trinajstić information content (AvgIpc) is 3.21. The van der Waals surface area contributed by atoms with Crippen molar-refractivity contribution in [3.05, 3.63) is 113 Å². The first kappa shape index (κ1) is 27.2. The molecule has 0 N–H and O–H groups in total. The van der Waals surface area contributed by atoms with E-state index in [-0.39, 0.29) is 37.2 Å². The molecule has 0 radical (unpaired) electrons. The van der Waals surface area contributed by atoms with Gasteiger partial charge in [0.05, 0.1) is 26.1 Å². The van der Waals surface area contributed by atoms with Gasteiger partial charge in [-0.1, -0.05) is 54.1 Å². The van der Waals surface area contributed by atoms with E-state index in [1.165, 1.54) is 48.5 Å². The average molecular weight is 584 g/mol. The fourth-order valence-electron chi connectivity index (χ4n) is 4.81. The summed E-state index contributed by atoms with van der Waals surface area (Å²) in [5.74, 6) is -0.441. The molecule has 0 spiro atoms. The molecule has 11 heteroatoms. The zero-order valence-electron chi connectivity index (χ0n) is 20.9. The lowest BCUT2D eigenvalue weighted by Crippen LogP contribution is -2.41. The minimum atomic E-state index is -4.34. The topological polar surface area (TPSA) is 123 Å². The molecule has 5 rings (SSSR count). The first-order valence-corrected chi connectivity index (χ1v) is 16.5. The Morgan fingerprint density at radius 3 is 1.87 bits per heavy atom. The fraction of sp³-hybridized carbons (Fsp3) is 0.179. The molecule has 1 aliphatic heterocycles. The Labute approximate surface area is 228 Å². The number of aryl methyl sites for hydroxylation is 1. The Balaban J connectivity index is 1.76. The van der Waals surface area contributed by atoms with Crippen molar-refractivity contribution in [1.29, 1.82) is 0 Å². The van der Waals surface area contributed by atoms with Crippen LogP contribution in [0.5, 0.6) is 0 Å². The summed E-state index contributed by atoms with van der Waals surface area (Å²) in [6.07, 6.45) is 0.805. The van der Waals surface area contributed by atoms with Gasteiger partial charge in [0, 0.05) is 13.0 Å². The quantitative estimate of drug-likeness (QED) is 0.435. The molecule has 8 nitrogen and oxygen atoms in total. The molecular weight excluding hydrogens is 559 g/mol. The van der Waals surface area contributed by atoms with Gasteiger partial charge in [-0.3, -0.25) is 4.79 Å². The van der Waals surface area contributed by atoms with E-state index in [0.717, 1.165) is 15.9 Å². The molecule has 1 atom stereocenters. The lowest BCUT2D eigenvalue weighted by molar-refractivity contribution is -0.113. The van der Waals surface area contributed by atoms with E-state index in [1.54, 1.807) is 43.3 Å². The number of hydrogen-bond acceptors (Lipinski definition) is 7. The first-order chi connectivity index (χ1) is 18.4. The van der Waals surface area contributed by atoms with Gasteiger partial charge in [0.2, 0.25) is 19.9 Å². The van der Waals surface area contributed by atoms with E-state index in [1.807, 2.05) is 0 Å². The van der Waals surface area contributed by atoms with Crippen LogP contribution in [-0.4, -0.2) is 53.7 Å². The number of nitrogens with zero attached hydrogens (tertiary/aromatic N) is 1. The Kier molecular flexibility index (Phi) is 6.96. The maximum atomic E-state index is 13.9. The molecule has 0 bridgehead atoms. The second-order valence-corrected chi connectivity index (χ2v) is 15.5. The number of sulfonamides is 1. The van der Waals surface area contributed by atoms with Crippen molar-refractivity contribution in [2.24, 2.45) is 0 Å². The highest BCUT2D eigenvalue weighted by Crippen LogP contribution is 2.41. The standard InChI is InChI=1S/C28H25NO7S3/c1-20-12-14-24(15-13-20)39(35,36)29-18-27(37(31,32)22-8-4-2-5-9-22)25-16-21(30)17-26(25)28(19-29)38(33,34)23-10-6-3-7-11-23/h2-16,27H,17-19H2,1H3. The SMILES string of the molecule is Cc1ccc(S(=O)(=O)N2CC(S(=O)(=O)c3ccccc3)=C3CC(=O)C=C3C(S(=O)(=O)c3ccccc3)C2)cc1. The highest BCUT2D eigenvalue weighted by Gasteiger charge is 2.45. The molecule has 1 aliphatic carbocycles. The summed E-state index contributed by atoms with van der Waals surface area (Å²) in [4.78, 5) is 12.1. The van der Waals surface area contributed by atoms with Crippen LogP contribution in [-0.2, 0) is 34.5 Å². The van der Waals surface area contributed by atoms with E-state index >= 15 is 0 Å². The summed E-state index contributed by atoms with van der Waals surface area (Å²) in [6, 6.07) is 21.0. The minimum Gasteiger partial charge on any atom is -0.294 e. The minimum absolute atomic E-state index is 0.0139. The van der Waals surface area contributed by atoms with Crippen molar-refractivity contribution in [3.8, 4) is 0 Å². The van der Waals surface area contributed by atoms with Crippen LogP contribution < -0.4 is 0 Å². The number of carbonyl (C=O) groups excluding carboxylic acids is 1. The highest BCUT2D eigenvalue weighted by atomic mass is 32.2. The van der Waals surface area contributed by atoms with Gasteiger partial charge in [0.25, 0.3) is 0 Å². The Morgan fingerprint density at radius 2 is 1.28 bits per heavy atom. The van der Waals surface area contributed by atoms with Crippen LogP contribution in [0.4, 0.5) is 0 Å². The number of benzene rings is 3. The molecule has 3 aromatic carbocycles. The van der Waals surface area contributed by atoms with E-state index in [2.05, 4.69) is 0 Å². The molecule has 1 unspecified atom stereocenters. The van der Waals surface area contributed by atoms with Gasteiger partial charge in [-0.05, 0) is 60.5 Å². The van der Waals surface area contributed by atoms with Crippen LogP contribution in [0, 0.1) is 6.92 Å². The van der Waals surface area contributed by atoms with Crippen molar-refractivity contribution in [2.75, 3.05) is 13.1 Å². The molecule has 0 fully saturated rings. The third kappa shape index (κ3) is 4.91. The number of fused-ring (bicyclic) bond motifs is 1. The molecular formula is C28H25NO7S3. The summed E-state index contributed by atoms with van der Waals surface area (Å²) >= 11 is 0. The third-order valence-electron chi connectivity index (χ3n) is 6.87. The van der Waals surface area contributed by atoms with Crippen LogP contribution in [0.25, 0.3) is 0 Å². The molecule has 202 valence electrons. The maximum Gasteiger partial charge on any atom is 0.243 e. The second-order valence-electron chi connectivity index (χ2n) is 9.42. The molecule has 0 amide bonds. The predicted octanol–water partition coefficient (Wildman–Crippen LogP) is 3.47. The number of allylic oxidation sites excluding steroid dienone is 2. The van der Waals surface area contributed by atoms with Crippen molar-refractivity contribution >= 4 is 35.5 Å². The van der Waals surface area contributed by atoms with Gasteiger partial charge in [-0.2, -0.15) is 4.31 Å². The third-order valence-corrected chi connectivity index (χ3v) is 12.7. The van der Waals surface area contributed by atoms with Crippen molar-refractivity contribution in [3.63, 3.8) is 0 Å². The van der Waals surface area contributed by atoms with Gasteiger partial charge in [0.1, 0.15) is 5.25 Å². The first-order valence-electron chi connectivity index (χ1n) is 12.0. The second kappa shape index (κ2) is 9.98. The van der Waals surface area contributed by atoms with Gasteiger partial charge in [0.15, 0.2) is 15.6 Å². The number of ketones is 1. The Morgan fingerprint density at radius 1 is 0.718 bits per heavy atom. The summed E-state index contributed by atoms with van der Waals surface area (Å²) in [5.41, 5.74) is 0.872. The largest absolute Gasteiger partial charge is 0.294 e. The molecule has 0 saturated carbocycles. The number of carbonyl (C=O) groups is 1. The fourth-order valence-corrected chi connectivity index (χ4v) is 9.83. The van der Waals surface area contributed by atoms with E-state index < -0.39 is 53.8 Å². The lowest BCUT2D eigenvalue weighted by Gasteiger charge is -2.25. The van der Waals surface area contributed by atoms with Gasteiger partial charge in [-0.25, -0.2) is 25.3 Å². The lowest BCUT2D eigenvalue weighted by atomic mass is 10.1. The molecule has 0 aromatic heterocycles. The van der Waals surface area contributed by atoms with Crippen LogP contribution in [0.15, 0.2) is 122 Å². The molecule has 2 aliphatic rings. The van der Waals surface area contributed by atoms with Crippen LogP contribution >= 0.6 is 0 Å². The van der Waals surface area contributed by atoms with Crippen LogP contribution in [0.1, 0.15) is 12.0 Å². The molecule has 39 heavy (non-hydrogen) atoms. The predicted molar refractivity (Wildman–Crippen MR) is 146 cm³/mol. The monoisotopic (exact) mass is 583 g/mol. The molecule has 1 heterocycles. The Hall–Kier alpha value is -3.38. The number of rotatable bonds is 6. The molecule has 3 aromatic rings. The van der Waals surface area contributed by atoms with Crippen LogP contribution in [0.3, 0.4) is 0 Å². The summed E-state index contributed by atoms with van der Waals surface area (Å²) < 4.78 is 84.3. The molecule has 0 saturated heterocycles. The smallest absolute Gasteiger partial charge is 0.243 e. The normalized spacial score (nSPS) is 18.9. The van der Waals surface area contributed by atoms with E-state index in [0.29, 0.717) is 0 Å². The zero-order chi connectivity index (χ0) is 28.0. The maximum absolute atomic E-state index is 13.9. The van der Waals surface area contributed by atoms with E-state index in [9.17, 15) is 30.0 Å². The van der Waals surface area contributed by atoms with Crippen LogP contribution in [0.2, 0.25) is 0 Å². The van der Waals surface area contributed by atoms with Gasteiger partial charge < -0.3 is 0 Å². The van der Waals surface area contributed by atoms with Gasteiger partial charge >= 0.3 is 0 Å². The van der Waals surface area contributed by atoms with Crippen molar-refractivity contribution in [1.82, 2.24) is 4.31 Å². The Bertz CT molecular complexity index is 1830. The number of hydrogen-bond donors (Lipinski definition) is 0. The van der Waals surface area contributed by atoms with E-state index in [4.69, 9.17) is 0 Å². The van der Waals surface area contributed by atoms with Crippen molar-refractivity contribution < 1.29 is 30.0 Å². The van der Waals surface area contributed by atoms with Crippen molar-refractivity contribution in [2.45, 2.75) is 33.3 Å². The number of sulfone groups is 2. The summed E-state index contributed by atoms with van der Waals surface area (Å²) in [5, 5.41) is -1.50. The summed E-state index contributed by atoms with van der Waals surface area (Å²) in [6.45, 7) is 0.614. The van der Waals surface area contributed by atoms with Gasteiger partial charge in [-0.15, -0.1) is 0 Å².